The molecule has 1 amide bonds. The first-order valence-corrected chi connectivity index (χ1v) is 7.88. The van der Waals surface area contributed by atoms with Gasteiger partial charge in [0.15, 0.2) is 0 Å². The van der Waals surface area contributed by atoms with Gasteiger partial charge in [0, 0.05) is 13.1 Å². The van der Waals surface area contributed by atoms with E-state index in [4.69, 9.17) is 4.74 Å². The van der Waals surface area contributed by atoms with Crippen LogP contribution in [0.25, 0.3) is 0 Å². The molecule has 0 radical (unpaired) electrons. The minimum atomic E-state index is -0.418. The number of nitrogens with zero attached hydrogens (tertiary/aromatic N) is 1. The number of likely N-dealkylation sites (tertiary alicyclic amines) is 1. The van der Waals surface area contributed by atoms with Crippen LogP contribution in [0.4, 0.5) is 4.79 Å². The van der Waals surface area contributed by atoms with E-state index in [2.05, 4.69) is 0 Å². The second-order valence-electron chi connectivity index (χ2n) is 7.65. The molecule has 2 aliphatic rings. The SMILES string of the molecule is CC(O)C1(CC2CCN(C(=O)OC(C)(C)C)CC2)CC1. The van der Waals surface area contributed by atoms with Crippen molar-refractivity contribution >= 4 is 6.09 Å². The summed E-state index contributed by atoms with van der Waals surface area (Å²) in [6.07, 6.45) is 5.14. The van der Waals surface area contributed by atoms with Crippen LogP contribution in [-0.2, 0) is 4.74 Å². The highest BCUT2D eigenvalue weighted by molar-refractivity contribution is 5.68. The molecule has 1 saturated heterocycles. The molecule has 2 rings (SSSR count). The summed E-state index contributed by atoms with van der Waals surface area (Å²) in [7, 11) is 0. The molecule has 0 aromatic carbocycles. The molecule has 0 bridgehead atoms. The molecule has 1 aliphatic carbocycles. The van der Waals surface area contributed by atoms with Gasteiger partial charge in [0.1, 0.15) is 5.60 Å². The fraction of sp³-hybridized carbons (Fsp3) is 0.938. The Morgan fingerprint density at radius 1 is 1.35 bits per heavy atom. The van der Waals surface area contributed by atoms with Gasteiger partial charge in [0.25, 0.3) is 0 Å². The van der Waals surface area contributed by atoms with E-state index in [-0.39, 0.29) is 17.6 Å². The molecule has 4 nitrogen and oxygen atoms in total. The Kier molecular flexibility index (Phi) is 4.33. The van der Waals surface area contributed by atoms with Gasteiger partial charge in [0.05, 0.1) is 6.10 Å². The van der Waals surface area contributed by atoms with Crippen molar-refractivity contribution in [1.82, 2.24) is 4.90 Å². The highest BCUT2D eigenvalue weighted by Crippen LogP contribution is 2.54. The molecule has 1 N–H and O–H groups in total. The molecule has 1 unspecified atom stereocenters. The van der Waals surface area contributed by atoms with Gasteiger partial charge in [0.2, 0.25) is 0 Å². The Morgan fingerprint density at radius 3 is 2.30 bits per heavy atom. The Balaban J connectivity index is 1.77. The van der Waals surface area contributed by atoms with Crippen LogP contribution in [0.1, 0.15) is 59.8 Å². The summed E-state index contributed by atoms with van der Waals surface area (Å²) in [4.78, 5) is 13.8. The van der Waals surface area contributed by atoms with Gasteiger partial charge >= 0.3 is 6.09 Å². The third-order valence-electron chi connectivity index (χ3n) is 4.74. The smallest absolute Gasteiger partial charge is 0.410 e. The first kappa shape index (κ1) is 15.6. The molecule has 0 spiro atoms. The van der Waals surface area contributed by atoms with E-state index in [1.165, 1.54) is 0 Å². The van der Waals surface area contributed by atoms with Gasteiger partial charge in [-0.3, -0.25) is 0 Å². The van der Waals surface area contributed by atoms with Crippen LogP contribution in [0, 0.1) is 11.3 Å². The average molecular weight is 283 g/mol. The molecule has 1 aliphatic heterocycles. The predicted molar refractivity (Wildman–Crippen MR) is 78.5 cm³/mol. The van der Waals surface area contributed by atoms with E-state index in [0.29, 0.717) is 5.92 Å². The molecule has 4 heteroatoms. The van der Waals surface area contributed by atoms with Crippen molar-refractivity contribution in [3.8, 4) is 0 Å². The van der Waals surface area contributed by atoms with E-state index < -0.39 is 5.60 Å². The third kappa shape index (κ3) is 3.87. The number of hydrogen-bond acceptors (Lipinski definition) is 3. The number of amides is 1. The molecule has 1 atom stereocenters. The van der Waals surface area contributed by atoms with Gasteiger partial charge in [-0.05, 0) is 71.1 Å². The molecular weight excluding hydrogens is 254 g/mol. The maximum absolute atomic E-state index is 12.0. The highest BCUT2D eigenvalue weighted by atomic mass is 16.6. The van der Waals surface area contributed by atoms with E-state index in [1.54, 1.807) is 0 Å². The molecule has 1 saturated carbocycles. The zero-order chi connectivity index (χ0) is 15.0. The van der Waals surface area contributed by atoms with Crippen molar-refractivity contribution < 1.29 is 14.6 Å². The number of aliphatic hydroxyl groups excluding tert-OH is 1. The van der Waals surface area contributed by atoms with E-state index in [0.717, 1.165) is 45.2 Å². The van der Waals surface area contributed by atoms with Gasteiger partial charge < -0.3 is 14.7 Å². The lowest BCUT2D eigenvalue weighted by molar-refractivity contribution is 0.0151. The predicted octanol–water partition coefficient (Wildman–Crippen LogP) is 3.18. The summed E-state index contributed by atoms with van der Waals surface area (Å²) in [6.45, 7) is 9.19. The minimum absolute atomic E-state index is 0.187. The van der Waals surface area contributed by atoms with Crippen molar-refractivity contribution in [3.63, 3.8) is 0 Å². The summed E-state index contributed by atoms with van der Waals surface area (Å²) < 4.78 is 5.41. The Morgan fingerprint density at radius 2 is 1.90 bits per heavy atom. The zero-order valence-electron chi connectivity index (χ0n) is 13.3. The van der Waals surface area contributed by atoms with Crippen molar-refractivity contribution in [1.29, 1.82) is 0 Å². The van der Waals surface area contributed by atoms with Crippen molar-refractivity contribution in [2.24, 2.45) is 11.3 Å². The van der Waals surface area contributed by atoms with Gasteiger partial charge in [-0.25, -0.2) is 4.79 Å². The second kappa shape index (κ2) is 5.55. The number of hydrogen-bond donors (Lipinski definition) is 1. The Hall–Kier alpha value is -0.770. The lowest BCUT2D eigenvalue weighted by Crippen LogP contribution is -2.42. The number of rotatable bonds is 3. The average Bonchev–Trinajstić information content (AvgIpc) is 3.08. The minimum Gasteiger partial charge on any atom is -0.444 e. The quantitative estimate of drug-likeness (QED) is 0.865. The first-order valence-electron chi connectivity index (χ1n) is 7.88. The second-order valence-corrected chi connectivity index (χ2v) is 7.65. The Labute approximate surface area is 122 Å². The van der Waals surface area contributed by atoms with Crippen molar-refractivity contribution in [3.05, 3.63) is 0 Å². The summed E-state index contributed by atoms with van der Waals surface area (Å²) in [5.41, 5.74) is -0.225. The van der Waals surface area contributed by atoms with Crippen LogP contribution >= 0.6 is 0 Å². The monoisotopic (exact) mass is 283 g/mol. The van der Waals surface area contributed by atoms with Crippen LogP contribution in [0.2, 0.25) is 0 Å². The van der Waals surface area contributed by atoms with E-state index in [9.17, 15) is 9.90 Å². The zero-order valence-corrected chi connectivity index (χ0v) is 13.3. The van der Waals surface area contributed by atoms with Crippen molar-refractivity contribution in [2.45, 2.75) is 71.5 Å². The third-order valence-corrected chi connectivity index (χ3v) is 4.74. The molecule has 0 aromatic heterocycles. The largest absolute Gasteiger partial charge is 0.444 e. The van der Waals surface area contributed by atoms with Crippen molar-refractivity contribution in [2.75, 3.05) is 13.1 Å². The van der Waals surface area contributed by atoms with Crippen LogP contribution in [-0.4, -0.2) is 40.9 Å². The molecular formula is C16H29NO3. The molecule has 116 valence electrons. The van der Waals surface area contributed by atoms with Crippen LogP contribution in [0.3, 0.4) is 0 Å². The molecule has 1 heterocycles. The number of piperidine rings is 1. The fourth-order valence-electron chi connectivity index (χ4n) is 3.17. The lowest BCUT2D eigenvalue weighted by atomic mass is 9.83. The van der Waals surface area contributed by atoms with E-state index >= 15 is 0 Å². The number of carbonyl (C=O) groups excluding carboxylic acids is 1. The lowest BCUT2D eigenvalue weighted by Gasteiger charge is -2.35. The summed E-state index contributed by atoms with van der Waals surface area (Å²) in [6, 6.07) is 0. The molecule has 20 heavy (non-hydrogen) atoms. The Bertz CT molecular complexity index is 347. The molecule has 0 aromatic rings. The number of carbonyl (C=O) groups is 1. The standard InChI is InChI=1S/C16H29NO3/c1-12(18)16(7-8-16)11-13-5-9-17(10-6-13)14(19)20-15(2,3)4/h12-13,18H,5-11H2,1-4H3. The van der Waals surface area contributed by atoms with Gasteiger partial charge in [-0.1, -0.05) is 0 Å². The van der Waals surface area contributed by atoms with Crippen LogP contribution in [0.5, 0.6) is 0 Å². The topological polar surface area (TPSA) is 49.8 Å². The number of aliphatic hydroxyl groups is 1. The normalized spacial score (nSPS) is 24.4. The molecule has 2 fully saturated rings. The maximum atomic E-state index is 12.0. The number of ether oxygens (including phenoxy) is 1. The van der Waals surface area contributed by atoms with Crippen LogP contribution < -0.4 is 0 Å². The summed E-state index contributed by atoms with van der Waals surface area (Å²) in [5, 5.41) is 9.86. The van der Waals surface area contributed by atoms with E-state index in [1.807, 2.05) is 32.6 Å². The van der Waals surface area contributed by atoms with Gasteiger partial charge in [-0.2, -0.15) is 0 Å². The maximum Gasteiger partial charge on any atom is 0.410 e. The summed E-state index contributed by atoms with van der Waals surface area (Å²) >= 11 is 0. The first-order chi connectivity index (χ1) is 9.22. The summed E-state index contributed by atoms with van der Waals surface area (Å²) in [5.74, 6) is 0.644. The van der Waals surface area contributed by atoms with Crippen LogP contribution in [0.15, 0.2) is 0 Å². The van der Waals surface area contributed by atoms with Gasteiger partial charge in [-0.15, -0.1) is 0 Å². The fourth-order valence-corrected chi connectivity index (χ4v) is 3.17. The highest BCUT2D eigenvalue weighted by Gasteiger charge is 2.48.